The first-order valence-corrected chi connectivity index (χ1v) is 9.99. The summed E-state index contributed by atoms with van der Waals surface area (Å²) in [5.41, 5.74) is -0.153. The Balaban J connectivity index is 1.81. The first kappa shape index (κ1) is 18.3. The van der Waals surface area contributed by atoms with E-state index in [2.05, 4.69) is 5.32 Å². The third-order valence-electron chi connectivity index (χ3n) is 4.84. The zero-order valence-corrected chi connectivity index (χ0v) is 14.9. The summed E-state index contributed by atoms with van der Waals surface area (Å²) in [4.78, 5) is 12.0. The van der Waals surface area contributed by atoms with Gasteiger partial charge in [-0.15, -0.1) is 0 Å². The molecule has 0 radical (unpaired) electrons. The van der Waals surface area contributed by atoms with Gasteiger partial charge in [-0.2, -0.15) is 4.31 Å². The lowest BCUT2D eigenvalue weighted by Gasteiger charge is -2.39. The zero-order valence-electron chi connectivity index (χ0n) is 14.0. The van der Waals surface area contributed by atoms with Gasteiger partial charge in [0.25, 0.3) is 5.91 Å². The molecule has 1 aromatic rings. The molecule has 8 heteroatoms. The number of morpholine rings is 1. The maximum atomic E-state index is 13.0. The molecule has 0 atom stereocenters. The van der Waals surface area contributed by atoms with Gasteiger partial charge in [0.1, 0.15) is 6.67 Å². The monoisotopic (exact) mass is 370 g/mol. The molecular formula is C17H23FN2O4S. The minimum absolute atomic E-state index is 0.0791. The summed E-state index contributed by atoms with van der Waals surface area (Å²) in [6.07, 6.45) is 3.87. The van der Waals surface area contributed by atoms with Crippen LogP contribution in [-0.4, -0.2) is 57.1 Å². The van der Waals surface area contributed by atoms with Gasteiger partial charge in [-0.05, 0) is 31.0 Å². The van der Waals surface area contributed by atoms with Gasteiger partial charge in [-0.25, -0.2) is 12.8 Å². The van der Waals surface area contributed by atoms with Crippen LogP contribution in [0.2, 0.25) is 0 Å². The standard InChI is InChI=1S/C17H23FN2O4S/c18-8-9-19-16(21)14-4-3-5-15(12-14)25(22,23)20-10-11-24-17(13-20)6-1-2-7-17/h3-5,12H,1-2,6-11,13H2,(H,19,21). The van der Waals surface area contributed by atoms with E-state index in [1.807, 2.05) is 0 Å². The van der Waals surface area contributed by atoms with E-state index < -0.39 is 22.6 Å². The van der Waals surface area contributed by atoms with Crippen molar-refractivity contribution in [2.24, 2.45) is 0 Å². The third kappa shape index (κ3) is 3.86. The summed E-state index contributed by atoms with van der Waals surface area (Å²) in [6, 6.07) is 5.88. The summed E-state index contributed by atoms with van der Waals surface area (Å²) in [5.74, 6) is -0.482. The summed E-state index contributed by atoms with van der Waals surface area (Å²) in [7, 11) is -3.70. The maximum Gasteiger partial charge on any atom is 0.251 e. The van der Waals surface area contributed by atoms with Gasteiger partial charge in [0.2, 0.25) is 10.0 Å². The second kappa shape index (κ2) is 7.39. The number of alkyl halides is 1. The highest BCUT2D eigenvalue weighted by Crippen LogP contribution is 2.37. The van der Waals surface area contributed by atoms with Crippen molar-refractivity contribution in [3.63, 3.8) is 0 Å². The van der Waals surface area contributed by atoms with Gasteiger partial charge < -0.3 is 10.1 Å². The minimum atomic E-state index is -3.70. The van der Waals surface area contributed by atoms with Crippen LogP contribution >= 0.6 is 0 Å². The summed E-state index contributed by atoms with van der Waals surface area (Å²) >= 11 is 0. The lowest BCUT2D eigenvalue weighted by Crippen LogP contribution is -2.52. The summed E-state index contributed by atoms with van der Waals surface area (Å²) < 4.78 is 45.5. The van der Waals surface area contributed by atoms with Crippen molar-refractivity contribution >= 4 is 15.9 Å². The van der Waals surface area contributed by atoms with E-state index in [1.54, 1.807) is 0 Å². The fourth-order valence-electron chi connectivity index (χ4n) is 3.55. The number of rotatable bonds is 5. The van der Waals surface area contributed by atoms with Gasteiger partial charge in [0, 0.05) is 25.2 Å². The van der Waals surface area contributed by atoms with E-state index in [4.69, 9.17) is 4.74 Å². The lowest BCUT2D eigenvalue weighted by molar-refractivity contribution is -0.0842. The smallest absolute Gasteiger partial charge is 0.251 e. The Morgan fingerprint density at radius 3 is 2.80 bits per heavy atom. The maximum absolute atomic E-state index is 13.0. The molecule has 1 aliphatic heterocycles. The first-order valence-electron chi connectivity index (χ1n) is 8.55. The molecule has 1 heterocycles. The van der Waals surface area contributed by atoms with E-state index >= 15 is 0 Å². The minimum Gasteiger partial charge on any atom is -0.372 e. The molecule has 1 aromatic carbocycles. The summed E-state index contributed by atoms with van der Waals surface area (Å²) in [5, 5.41) is 2.40. The van der Waals surface area contributed by atoms with E-state index in [1.165, 1.54) is 28.6 Å². The number of carbonyl (C=O) groups excluding carboxylic acids is 1. The predicted molar refractivity (Wildman–Crippen MR) is 90.7 cm³/mol. The zero-order chi connectivity index (χ0) is 17.9. The molecule has 0 unspecified atom stereocenters. The van der Waals surface area contributed by atoms with Crippen molar-refractivity contribution in [2.45, 2.75) is 36.2 Å². The van der Waals surface area contributed by atoms with E-state index in [0.717, 1.165) is 25.7 Å². The molecule has 3 rings (SSSR count). The van der Waals surface area contributed by atoms with Crippen LogP contribution in [0.1, 0.15) is 36.0 Å². The number of ether oxygens (including phenoxy) is 1. The SMILES string of the molecule is O=C(NCCF)c1cccc(S(=O)(=O)N2CCOC3(CCCC3)C2)c1. The lowest BCUT2D eigenvalue weighted by atomic mass is 10.0. The molecule has 1 saturated carbocycles. The Bertz CT molecular complexity index is 732. The van der Waals surface area contributed by atoms with Crippen LogP contribution in [0.25, 0.3) is 0 Å². The van der Waals surface area contributed by atoms with Crippen molar-refractivity contribution < 1.29 is 22.3 Å². The Kier molecular flexibility index (Phi) is 5.41. The number of halogens is 1. The van der Waals surface area contributed by atoms with E-state index in [0.29, 0.717) is 19.7 Å². The van der Waals surface area contributed by atoms with Crippen LogP contribution in [0.15, 0.2) is 29.2 Å². The number of benzene rings is 1. The van der Waals surface area contributed by atoms with Crippen molar-refractivity contribution in [2.75, 3.05) is 32.9 Å². The highest BCUT2D eigenvalue weighted by molar-refractivity contribution is 7.89. The fourth-order valence-corrected chi connectivity index (χ4v) is 5.09. The van der Waals surface area contributed by atoms with Crippen LogP contribution in [0.3, 0.4) is 0 Å². The fraction of sp³-hybridized carbons (Fsp3) is 0.588. The highest BCUT2D eigenvalue weighted by atomic mass is 32.2. The van der Waals surface area contributed by atoms with Gasteiger partial charge in [0.05, 0.1) is 17.1 Å². The quantitative estimate of drug-likeness (QED) is 0.856. The van der Waals surface area contributed by atoms with Crippen LogP contribution in [0.5, 0.6) is 0 Å². The largest absolute Gasteiger partial charge is 0.372 e. The molecule has 138 valence electrons. The van der Waals surface area contributed by atoms with Gasteiger partial charge in [-0.3, -0.25) is 4.79 Å². The van der Waals surface area contributed by atoms with Gasteiger partial charge in [-0.1, -0.05) is 18.9 Å². The van der Waals surface area contributed by atoms with Crippen LogP contribution in [0.4, 0.5) is 4.39 Å². The number of sulfonamides is 1. The topological polar surface area (TPSA) is 75.7 Å². The van der Waals surface area contributed by atoms with Crippen molar-refractivity contribution in [1.82, 2.24) is 9.62 Å². The Morgan fingerprint density at radius 2 is 2.08 bits per heavy atom. The van der Waals surface area contributed by atoms with Gasteiger partial charge in [0.15, 0.2) is 0 Å². The Labute approximate surface area is 147 Å². The Morgan fingerprint density at radius 1 is 1.32 bits per heavy atom. The summed E-state index contributed by atoms with van der Waals surface area (Å²) in [6.45, 7) is 0.285. The predicted octanol–water partition coefficient (Wildman–Crippen LogP) is 1.72. The molecule has 25 heavy (non-hydrogen) atoms. The second-order valence-corrected chi connectivity index (χ2v) is 8.49. The number of nitrogens with one attached hydrogen (secondary N) is 1. The van der Waals surface area contributed by atoms with Crippen molar-refractivity contribution in [3.8, 4) is 0 Å². The molecule has 6 nitrogen and oxygen atoms in total. The number of nitrogens with zero attached hydrogens (tertiary/aromatic N) is 1. The first-order chi connectivity index (χ1) is 12.0. The molecule has 1 saturated heterocycles. The molecule has 1 aliphatic carbocycles. The molecule has 2 fully saturated rings. The third-order valence-corrected chi connectivity index (χ3v) is 6.68. The number of hydrogen-bond donors (Lipinski definition) is 1. The number of amides is 1. The average Bonchev–Trinajstić information content (AvgIpc) is 3.07. The molecule has 1 amide bonds. The van der Waals surface area contributed by atoms with E-state index in [-0.39, 0.29) is 22.6 Å². The van der Waals surface area contributed by atoms with Crippen LogP contribution in [-0.2, 0) is 14.8 Å². The van der Waals surface area contributed by atoms with Crippen molar-refractivity contribution in [3.05, 3.63) is 29.8 Å². The van der Waals surface area contributed by atoms with Crippen LogP contribution in [0, 0.1) is 0 Å². The molecule has 2 aliphatic rings. The normalized spacial score (nSPS) is 20.7. The molecule has 1 N–H and O–H groups in total. The van der Waals surface area contributed by atoms with Gasteiger partial charge >= 0.3 is 0 Å². The van der Waals surface area contributed by atoms with E-state index in [9.17, 15) is 17.6 Å². The van der Waals surface area contributed by atoms with Crippen molar-refractivity contribution in [1.29, 1.82) is 0 Å². The molecular weight excluding hydrogens is 347 g/mol. The molecule has 0 bridgehead atoms. The number of carbonyl (C=O) groups is 1. The highest BCUT2D eigenvalue weighted by Gasteiger charge is 2.42. The second-order valence-electron chi connectivity index (χ2n) is 6.55. The Hall–Kier alpha value is -1.51. The number of hydrogen-bond acceptors (Lipinski definition) is 4. The molecule has 0 aromatic heterocycles. The average molecular weight is 370 g/mol. The van der Waals surface area contributed by atoms with Crippen LogP contribution < -0.4 is 5.32 Å². The molecule has 1 spiro atoms.